The molecule has 1 heterocycles. The summed E-state index contributed by atoms with van der Waals surface area (Å²) in [5.74, 6) is 1.44. The predicted octanol–water partition coefficient (Wildman–Crippen LogP) is 4.21. The van der Waals surface area contributed by atoms with Crippen molar-refractivity contribution in [3.8, 4) is 11.5 Å². The van der Waals surface area contributed by atoms with Gasteiger partial charge in [-0.25, -0.2) is 0 Å². The lowest BCUT2D eigenvalue weighted by molar-refractivity contribution is 0.485. The van der Waals surface area contributed by atoms with Crippen LogP contribution in [0, 0.1) is 3.57 Å². The number of benzene rings is 2. The lowest BCUT2D eigenvalue weighted by Crippen LogP contribution is -1.93. The molecule has 0 radical (unpaired) electrons. The lowest BCUT2D eigenvalue weighted by atomic mass is 10.1. The quantitative estimate of drug-likeness (QED) is 0.549. The summed E-state index contributed by atoms with van der Waals surface area (Å²) in [6, 6.07) is 13.6. The van der Waals surface area contributed by atoms with Crippen molar-refractivity contribution < 1.29 is 4.74 Å². The van der Waals surface area contributed by atoms with E-state index in [1.807, 2.05) is 42.5 Å². The average Bonchev–Trinajstić information content (AvgIpc) is 2.45. The van der Waals surface area contributed by atoms with Gasteiger partial charge in [0, 0.05) is 26.7 Å². The molecule has 0 atom stereocenters. The maximum absolute atomic E-state index is 6.14. The average molecular weight is 362 g/mol. The molecule has 0 amide bonds. The molecule has 0 fully saturated rings. The van der Waals surface area contributed by atoms with Gasteiger partial charge in [-0.3, -0.25) is 4.98 Å². The third-order valence-electron chi connectivity index (χ3n) is 2.86. The third kappa shape index (κ3) is 2.49. The second-order valence-electron chi connectivity index (χ2n) is 4.13. The van der Waals surface area contributed by atoms with E-state index in [9.17, 15) is 0 Å². The first-order valence-electron chi connectivity index (χ1n) is 5.80. The Balaban J connectivity index is 2.01. The Morgan fingerprint density at radius 2 is 1.79 bits per heavy atom. The van der Waals surface area contributed by atoms with Gasteiger partial charge in [0.1, 0.15) is 5.75 Å². The summed E-state index contributed by atoms with van der Waals surface area (Å²) in [5, 5.41) is 1.97. The van der Waals surface area contributed by atoms with Crippen molar-refractivity contribution in [1.29, 1.82) is 0 Å². The highest BCUT2D eigenvalue weighted by atomic mass is 127. The lowest BCUT2D eigenvalue weighted by Gasteiger charge is -2.10. The third-order valence-corrected chi connectivity index (χ3v) is 3.58. The number of pyridine rings is 1. The normalized spacial score (nSPS) is 10.6. The van der Waals surface area contributed by atoms with Crippen molar-refractivity contribution in [2.45, 2.75) is 0 Å². The summed E-state index contributed by atoms with van der Waals surface area (Å²) in [5.41, 5.74) is 6.78. The van der Waals surface area contributed by atoms with Crippen LogP contribution in [0.4, 0.5) is 5.69 Å². The minimum atomic E-state index is 0.637. The van der Waals surface area contributed by atoms with Gasteiger partial charge in [0.05, 0.1) is 5.69 Å². The fraction of sp³-hybridized carbons (Fsp3) is 0. The van der Waals surface area contributed by atoms with E-state index in [1.54, 1.807) is 12.4 Å². The molecular weight excluding hydrogens is 351 g/mol. The van der Waals surface area contributed by atoms with Gasteiger partial charge in [0.2, 0.25) is 0 Å². The summed E-state index contributed by atoms with van der Waals surface area (Å²) >= 11 is 2.26. The van der Waals surface area contributed by atoms with Crippen LogP contribution in [0.2, 0.25) is 0 Å². The van der Waals surface area contributed by atoms with Crippen LogP contribution < -0.4 is 10.5 Å². The molecule has 0 saturated heterocycles. The van der Waals surface area contributed by atoms with E-state index in [-0.39, 0.29) is 0 Å². The Labute approximate surface area is 124 Å². The van der Waals surface area contributed by atoms with E-state index < -0.39 is 0 Å². The number of anilines is 1. The maximum atomic E-state index is 6.14. The van der Waals surface area contributed by atoms with Crippen LogP contribution in [0.25, 0.3) is 10.8 Å². The first kappa shape index (κ1) is 12.2. The minimum Gasteiger partial charge on any atom is -0.455 e. The van der Waals surface area contributed by atoms with Crippen molar-refractivity contribution in [3.05, 3.63) is 58.4 Å². The summed E-state index contributed by atoms with van der Waals surface area (Å²) < 4.78 is 6.99. The number of hydrogen-bond acceptors (Lipinski definition) is 3. The Kier molecular flexibility index (Phi) is 3.25. The zero-order valence-corrected chi connectivity index (χ0v) is 12.2. The van der Waals surface area contributed by atoms with Gasteiger partial charge in [0.15, 0.2) is 5.75 Å². The highest BCUT2D eigenvalue weighted by molar-refractivity contribution is 14.1. The largest absolute Gasteiger partial charge is 0.455 e. The molecule has 0 aliphatic rings. The minimum absolute atomic E-state index is 0.637. The molecule has 0 aliphatic carbocycles. The Hall–Kier alpha value is -1.82. The zero-order chi connectivity index (χ0) is 13.2. The van der Waals surface area contributed by atoms with E-state index in [0.717, 1.165) is 16.5 Å². The fourth-order valence-electron chi connectivity index (χ4n) is 1.89. The van der Waals surface area contributed by atoms with Crippen LogP contribution in [-0.2, 0) is 0 Å². The molecule has 0 aliphatic heterocycles. The van der Waals surface area contributed by atoms with E-state index >= 15 is 0 Å². The Bertz CT molecular complexity index is 726. The predicted molar refractivity (Wildman–Crippen MR) is 85.4 cm³/mol. The van der Waals surface area contributed by atoms with Crippen LogP contribution in [0.15, 0.2) is 54.9 Å². The molecule has 0 unspecified atom stereocenters. The van der Waals surface area contributed by atoms with Gasteiger partial charge in [-0.1, -0.05) is 0 Å². The SMILES string of the molecule is Nc1c(Oc2ccc(I)cc2)ccc2cnccc12. The van der Waals surface area contributed by atoms with Gasteiger partial charge in [-0.2, -0.15) is 0 Å². The number of rotatable bonds is 2. The molecule has 1 aromatic heterocycles. The molecule has 0 bridgehead atoms. The van der Waals surface area contributed by atoms with Crippen molar-refractivity contribution >= 4 is 39.1 Å². The highest BCUT2D eigenvalue weighted by Crippen LogP contribution is 2.33. The molecule has 19 heavy (non-hydrogen) atoms. The fourth-order valence-corrected chi connectivity index (χ4v) is 2.25. The molecule has 94 valence electrons. The van der Waals surface area contributed by atoms with E-state index in [0.29, 0.717) is 11.4 Å². The molecule has 2 aromatic carbocycles. The molecule has 3 nitrogen and oxygen atoms in total. The molecule has 3 aromatic rings. The standard InChI is InChI=1S/C15H11IN2O/c16-11-2-4-12(5-3-11)19-14-6-1-10-9-18-8-7-13(10)15(14)17/h1-9H,17H2. The van der Waals surface area contributed by atoms with Gasteiger partial charge >= 0.3 is 0 Å². The first-order chi connectivity index (χ1) is 9.24. The van der Waals surface area contributed by atoms with Crippen molar-refractivity contribution in [1.82, 2.24) is 4.98 Å². The summed E-state index contributed by atoms with van der Waals surface area (Å²) in [7, 11) is 0. The number of nitrogens with two attached hydrogens (primary N) is 1. The first-order valence-corrected chi connectivity index (χ1v) is 6.87. The second-order valence-corrected chi connectivity index (χ2v) is 5.38. The topological polar surface area (TPSA) is 48.1 Å². The van der Waals surface area contributed by atoms with Crippen LogP contribution in [0.3, 0.4) is 0 Å². The number of aromatic nitrogens is 1. The van der Waals surface area contributed by atoms with Crippen molar-refractivity contribution in [3.63, 3.8) is 0 Å². The Morgan fingerprint density at radius 3 is 2.58 bits per heavy atom. The number of fused-ring (bicyclic) bond motifs is 1. The number of nitrogens with zero attached hydrogens (tertiary/aromatic N) is 1. The van der Waals surface area contributed by atoms with Crippen molar-refractivity contribution in [2.24, 2.45) is 0 Å². The summed E-state index contributed by atoms with van der Waals surface area (Å²) in [4.78, 5) is 4.08. The van der Waals surface area contributed by atoms with Gasteiger partial charge < -0.3 is 10.5 Å². The van der Waals surface area contributed by atoms with Crippen molar-refractivity contribution in [2.75, 3.05) is 5.73 Å². The van der Waals surface area contributed by atoms with Gasteiger partial charge in [0.25, 0.3) is 0 Å². The number of halogens is 1. The molecule has 2 N–H and O–H groups in total. The molecular formula is C15H11IN2O. The number of hydrogen-bond donors (Lipinski definition) is 1. The monoisotopic (exact) mass is 362 g/mol. The van der Waals surface area contributed by atoms with Gasteiger partial charge in [-0.15, -0.1) is 0 Å². The van der Waals surface area contributed by atoms with Crippen LogP contribution in [0.1, 0.15) is 0 Å². The van der Waals surface area contributed by atoms with Crippen LogP contribution in [-0.4, -0.2) is 4.98 Å². The van der Waals surface area contributed by atoms with E-state index in [1.165, 1.54) is 3.57 Å². The Morgan fingerprint density at radius 1 is 1.00 bits per heavy atom. The smallest absolute Gasteiger partial charge is 0.150 e. The molecule has 0 spiro atoms. The number of ether oxygens (including phenoxy) is 1. The van der Waals surface area contributed by atoms with Gasteiger partial charge in [-0.05, 0) is 65.1 Å². The second kappa shape index (κ2) is 5.05. The zero-order valence-electron chi connectivity index (χ0n) is 10.0. The summed E-state index contributed by atoms with van der Waals surface area (Å²) in [6.45, 7) is 0. The van der Waals surface area contributed by atoms with Crippen LogP contribution in [0.5, 0.6) is 11.5 Å². The van der Waals surface area contributed by atoms with Crippen LogP contribution >= 0.6 is 22.6 Å². The van der Waals surface area contributed by atoms with E-state index in [4.69, 9.17) is 10.5 Å². The number of nitrogen functional groups attached to an aromatic ring is 1. The summed E-state index contributed by atoms with van der Waals surface area (Å²) in [6.07, 6.45) is 3.52. The molecule has 4 heteroatoms. The molecule has 3 rings (SSSR count). The highest BCUT2D eigenvalue weighted by Gasteiger charge is 2.06. The van der Waals surface area contributed by atoms with E-state index in [2.05, 4.69) is 27.6 Å². The maximum Gasteiger partial charge on any atom is 0.150 e. The molecule has 0 saturated carbocycles.